The molecule has 1 heterocycles. The fraction of sp³-hybridized carbons (Fsp3) is 0.571. The van der Waals surface area contributed by atoms with Gasteiger partial charge in [-0.15, -0.1) is 0 Å². The van der Waals surface area contributed by atoms with Gasteiger partial charge in [0.05, 0.1) is 24.2 Å². The summed E-state index contributed by atoms with van der Waals surface area (Å²) in [6.45, 7) is 3.93. The van der Waals surface area contributed by atoms with Crippen molar-refractivity contribution in [3.8, 4) is 0 Å². The van der Waals surface area contributed by atoms with E-state index in [1.165, 1.54) is 0 Å². The molecule has 0 saturated carbocycles. The van der Waals surface area contributed by atoms with E-state index in [2.05, 4.69) is 5.10 Å². The number of rotatable bonds is 2. The van der Waals surface area contributed by atoms with Crippen LogP contribution >= 0.6 is 0 Å². The lowest BCUT2D eigenvalue weighted by Crippen LogP contribution is -2.08. The first-order chi connectivity index (χ1) is 5.16. The molecule has 0 atom stereocenters. The lowest BCUT2D eigenvalue weighted by atomic mass is 10.3. The van der Waals surface area contributed by atoms with Crippen molar-refractivity contribution in [2.45, 2.75) is 26.5 Å². The Morgan fingerprint density at radius 3 is 2.73 bits per heavy atom. The van der Waals surface area contributed by atoms with Crippen LogP contribution in [0.25, 0.3) is 0 Å². The molecule has 3 N–H and O–H groups in total. The first-order valence-electron chi connectivity index (χ1n) is 3.59. The van der Waals surface area contributed by atoms with Crippen molar-refractivity contribution in [3.63, 3.8) is 0 Å². The lowest BCUT2D eigenvalue weighted by Gasteiger charge is -2.08. The van der Waals surface area contributed by atoms with Crippen LogP contribution in [-0.4, -0.2) is 14.9 Å². The number of hydrogen-bond donors (Lipinski definition) is 2. The minimum Gasteiger partial charge on any atom is -0.396 e. The van der Waals surface area contributed by atoms with Gasteiger partial charge in [0.15, 0.2) is 0 Å². The standard InChI is InChI=1S/C7H13N3O/c1-5(2)10-7(4-11)6(8)3-9-10/h3,5,11H,4,8H2,1-2H3. The maximum atomic E-state index is 8.90. The number of aliphatic hydroxyl groups excluding tert-OH is 1. The normalized spacial score (nSPS) is 10.9. The van der Waals surface area contributed by atoms with E-state index >= 15 is 0 Å². The van der Waals surface area contributed by atoms with Crippen molar-refractivity contribution in [2.75, 3.05) is 5.73 Å². The second-order valence-electron chi connectivity index (χ2n) is 2.74. The predicted octanol–water partition coefficient (Wildman–Crippen LogP) is 0.538. The van der Waals surface area contributed by atoms with Gasteiger partial charge in [-0.05, 0) is 13.8 Å². The third-order valence-corrected chi connectivity index (χ3v) is 1.57. The van der Waals surface area contributed by atoms with Crippen LogP contribution in [0.5, 0.6) is 0 Å². The molecular formula is C7H13N3O. The number of aliphatic hydroxyl groups is 1. The molecule has 0 aromatic carbocycles. The van der Waals surface area contributed by atoms with Crippen LogP contribution in [-0.2, 0) is 6.61 Å². The van der Waals surface area contributed by atoms with Crippen molar-refractivity contribution in [1.29, 1.82) is 0 Å². The van der Waals surface area contributed by atoms with Crippen LogP contribution < -0.4 is 5.73 Å². The Kier molecular flexibility index (Phi) is 2.14. The molecule has 1 rings (SSSR count). The smallest absolute Gasteiger partial charge is 0.0870 e. The summed E-state index contributed by atoms with van der Waals surface area (Å²) in [7, 11) is 0. The van der Waals surface area contributed by atoms with Crippen molar-refractivity contribution in [2.24, 2.45) is 0 Å². The molecule has 0 aliphatic rings. The van der Waals surface area contributed by atoms with Gasteiger partial charge >= 0.3 is 0 Å². The predicted molar refractivity (Wildman–Crippen MR) is 42.9 cm³/mol. The van der Waals surface area contributed by atoms with Crippen molar-refractivity contribution >= 4 is 5.69 Å². The Bertz CT molecular complexity index is 242. The SMILES string of the molecule is CC(C)n1ncc(N)c1CO. The van der Waals surface area contributed by atoms with E-state index in [9.17, 15) is 0 Å². The van der Waals surface area contributed by atoms with Crippen LogP contribution in [0.1, 0.15) is 25.6 Å². The van der Waals surface area contributed by atoms with Crippen LogP contribution in [0.2, 0.25) is 0 Å². The molecule has 0 saturated heterocycles. The van der Waals surface area contributed by atoms with Gasteiger partial charge in [0.2, 0.25) is 0 Å². The van der Waals surface area contributed by atoms with Gasteiger partial charge in [0, 0.05) is 6.04 Å². The quantitative estimate of drug-likeness (QED) is 0.655. The molecule has 1 aromatic rings. The maximum Gasteiger partial charge on any atom is 0.0870 e. The largest absolute Gasteiger partial charge is 0.396 e. The van der Waals surface area contributed by atoms with Crippen molar-refractivity contribution in [1.82, 2.24) is 9.78 Å². The van der Waals surface area contributed by atoms with E-state index in [-0.39, 0.29) is 12.6 Å². The molecule has 0 bridgehead atoms. The van der Waals surface area contributed by atoms with Gasteiger partial charge in [0.25, 0.3) is 0 Å². The van der Waals surface area contributed by atoms with E-state index < -0.39 is 0 Å². The Hall–Kier alpha value is -1.03. The van der Waals surface area contributed by atoms with E-state index in [4.69, 9.17) is 10.8 Å². The number of nitrogen functional groups attached to an aromatic ring is 1. The number of nitrogens with two attached hydrogens (primary N) is 1. The second kappa shape index (κ2) is 2.92. The fourth-order valence-corrected chi connectivity index (χ4v) is 1.01. The zero-order chi connectivity index (χ0) is 8.43. The molecule has 4 heteroatoms. The highest BCUT2D eigenvalue weighted by molar-refractivity contribution is 5.40. The summed E-state index contributed by atoms with van der Waals surface area (Å²) in [6, 6.07) is 0.245. The summed E-state index contributed by atoms with van der Waals surface area (Å²) in [5.41, 5.74) is 6.80. The van der Waals surface area contributed by atoms with Crippen LogP contribution in [0, 0.1) is 0 Å². The molecular weight excluding hydrogens is 142 g/mol. The van der Waals surface area contributed by atoms with Gasteiger partial charge in [0.1, 0.15) is 0 Å². The van der Waals surface area contributed by atoms with E-state index in [1.54, 1.807) is 10.9 Å². The molecule has 1 aromatic heterocycles. The molecule has 0 fully saturated rings. The fourth-order valence-electron chi connectivity index (χ4n) is 1.01. The average molecular weight is 155 g/mol. The number of hydrogen-bond acceptors (Lipinski definition) is 3. The molecule has 4 nitrogen and oxygen atoms in total. The molecule has 0 aliphatic carbocycles. The number of aromatic nitrogens is 2. The summed E-state index contributed by atoms with van der Waals surface area (Å²) in [4.78, 5) is 0. The summed E-state index contributed by atoms with van der Waals surface area (Å²) in [5.74, 6) is 0. The lowest BCUT2D eigenvalue weighted by molar-refractivity contribution is 0.265. The highest BCUT2D eigenvalue weighted by Crippen LogP contribution is 2.14. The van der Waals surface area contributed by atoms with Crippen molar-refractivity contribution in [3.05, 3.63) is 11.9 Å². The maximum absolute atomic E-state index is 8.90. The molecule has 0 aliphatic heterocycles. The van der Waals surface area contributed by atoms with Gasteiger partial charge < -0.3 is 10.8 Å². The number of nitrogens with zero attached hydrogens (tertiary/aromatic N) is 2. The molecule has 0 amide bonds. The van der Waals surface area contributed by atoms with E-state index in [0.29, 0.717) is 11.4 Å². The second-order valence-corrected chi connectivity index (χ2v) is 2.74. The van der Waals surface area contributed by atoms with Gasteiger partial charge in [-0.1, -0.05) is 0 Å². The van der Waals surface area contributed by atoms with E-state index in [0.717, 1.165) is 0 Å². The summed E-state index contributed by atoms with van der Waals surface area (Å²) < 4.78 is 1.72. The zero-order valence-electron chi connectivity index (χ0n) is 6.78. The minimum absolute atomic E-state index is 0.0516. The average Bonchev–Trinajstić information content (AvgIpc) is 2.30. The summed E-state index contributed by atoms with van der Waals surface area (Å²) >= 11 is 0. The minimum atomic E-state index is -0.0516. The third-order valence-electron chi connectivity index (χ3n) is 1.57. The van der Waals surface area contributed by atoms with Crippen LogP contribution in [0.15, 0.2) is 6.20 Å². The van der Waals surface area contributed by atoms with Gasteiger partial charge in [-0.3, -0.25) is 4.68 Å². The molecule has 0 radical (unpaired) electrons. The molecule has 11 heavy (non-hydrogen) atoms. The summed E-state index contributed by atoms with van der Waals surface area (Å²) in [6.07, 6.45) is 1.56. The van der Waals surface area contributed by atoms with Gasteiger partial charge in [-0.2, -0.15) is 5.10 Å². The Morgan fingerprint density at radius 1 is 1.73 bits per heavy atom. The van der Waals surface area contributed by atoms with Crippen LogP contribution in [0.3, 0.4) is 0 Å². The van der Waals surface area contributed by atoms with Gasteiger partial charge in [-0.25, -0.2) is 0 Å². The Morgan fingerprint density at radius 2 is 2.36 bits per heavy atom. The molecule has 0 spiro atoms. The highest BCUT2D eigenvalue weighted by atomic mass is 16.3. The Labute approximate surface area is 65.6 Å². The number of anilines is 1. The monoisotopic (exact) mass is 155 g/mol. The summed E-state index contributed by atoms with van der Waals surface area (Å²) in [5, 5.41) is 12.9. The molecule has 62 valence electrons. The highest BCUT2D eigenvalue weighted by Gasteiger charge is 2.08. The zero-order valence-corrected chi connectivity index (χ0v) is 6.78. The third kappa shape index (κ3) is 1.35. The molecule has 0 unspecified atom stereocenters. The first kappa shape index (κ1) is 8.07. The topological polar surface area (TPSA) is 64.1 Å². The first-order valence-corrected chi connectivity index (χ1v) is 3.59. The van der Waals surface area contributed by atoms with Crippen molar-refractivity contribution < 1.29 is 5.11 Å². The van der Waals surface area contributed by atoms with Crippen LogP contribution in [0.4, 0.5) is 5.69 Å². The van der Waals surface area contributed by atoms with E-state index in [1.807, 2.05) is 13.8 Å². The Balaban J connectivity index is 3.05.